The maximum Gasteiger partial charge on any atom is 0.658 e. The number of halogens is 2. The van der Waals surface area contributed by atoms with Gasteiger partial charge in [-0.3, -0.25) is 0 Å². The summed E-state index contributed by atoms with van der Waals surface area (Å²) < 4.78 is 49.0. The number of hydrogen-bond acceptors (Lipinski definition) is 4. The molecule has 0 N–H and O–H groups in total. The van der Waals surface area contributed by atoms with E-state index in [0.717, 1.165) is 33.4 Å². The first kappa shape index (κ1) is 20.9. The summed E-state index contributed by atoms with van der Waals surface area (Å²) in [5, 5.41) is 0. The lowest BCUT2D eigenvalue weighted by Crippen LogP contribution is -2.11. The van der Waals surface area contributed by atoms with Gasteiger partial charge in [-0.05, 0) is 37.1 Å². The Morgan fingerprint density at radius 2 is 1.19 bits per heavy atom. The molecule has 145 valence electrons. The molecule has 0 aliphatic carbocycles. The summed E-state index contributed by atoms with van der Waals surface area (Å²) in [6.07, 6.45) is 3.67. The fraction of sp³-hybridized carbons (Fsp3) is 0.400. The van der Waals surface area contributed by atoms with Crippen molar-refractivity contribution in [2.24, 2.45) is 0 Å². The lowest BCUT2D eigenvalue weighted by Gasteiger charge is -2.11. The quantitative estimate of drug-likeness (QED) is 0.371. The molecule has 0 aliphatic heterocycles. The molecule has 4 nitrogen and oxygen atoms in total. The van der Waals surface area contributed by atoms with E-state index in [-0.39, 0.29) is 23.0 Å². The third-order valence-corrected chi connectivity index (χ3v) is 3.69. The second-order valence-electron chi connectivity index (χ2n) is 5.92. The Morgan fingerprint density at radius 1 is 0.741 bits per heavy atom. The second-order valence-corrected chi connectivity index (χ2v) is 5.92. The zero-order valence-corrected chi connectivity index (χ0v) is 15.7. The molecular weight excluding hydrogens is 353 g/mol. The third-order valence-electron chi connectivity index (χ3n) is 3.69. The minimum atomic E-state index is -0.517. The molecule has 0 spiro atoms. The van der Waals surface area contributed by atoms with Crippen LogP contribution in [0.1, 0.15) is 39.5 Å². The van der Waals surface area contributed by atoms with E-state index in [1.54, 1.807) is 12.1 Å². The molecule has 0 amide bonds. The summed E-state index contributed by atoms with van der Waals surface area (Å²) in [5.41, 5.74) is 0. The Morgan fingerprint density at radius 3 is 1.56 bits per heavy atom. The molecule has 27 heavy (non-hydrogen) atoms. The van der Waals surface area contributed by atoms with Crippen LogP contribution in [-0.2, 0) is 0 Å². The summed E-state index contributed by atoms with van der Waals surface area (Å²) in [4.78, 5) is 0. The normalized spacial score (nSPS) is 10.4. The van der Waals surface area contributed by atoms with Crippen LogP contribution in [0.4, 0.5) is 8.78 Å². The van der Waals surface area contributed by atoms with E-state index in [9.17, 15) is 8.78 Å². The van der Waals surface area contributed by atoms with Gasteiger partial charge in [0.2, 0.25) is 0 Å². The largest absolute Gasteiger partial charge is 0.658 e. The molecule has 0 unspecified atom stereocenters. The summed E-state index contributed by atoms with van der Waals surface area (Å²) in [7, 11) is 1.01. The first-order valence-corrected chi connectivity index (χ1v) is 9.13. The third kappa shape index (κ3) is 7.00. The van der Waals surface area contributed by atoms with E-state index < -0.39 is 11.6 Å². The van der Waals surface area contributed by atoms with E-state index in [4.69, 9.17) is 18.8 Å². The Labute approximate surface area is 159 Å². The summed E-state index contributed by atoms with van der Waals surface area (Å²) in [5.74, 6) is -0.186. The molecule has 2 rings (SSSR count). The molecule has 0 fully saturated rings. The van der Waals surface area contributed by atoms with Gasteiger partial charge in [0.1, 0.15) is 11.5 Å². The first-order valence-electron chi connectivity index (χ1n) is 9.13. The van der Waals surface area contributed by atoms with E-state index >= 15 is 0 Å². The first-order chi connectivity index (χ1) is 13.1. The van der Waals surface area contributed by atoms with Crippen molar-refractivity contribution in [3.05, 3.63) is 48.0 Å². The molecule has 0 aliphatic rings. The van der Waals surface area contributed by atoms with Gasteiger partial charge < -0.3 is 18.8 Å². The molecule has 0 aromatic heterocycles. The monoisotopic (exact) mass is 377 g/mol. The molecule has 0 atom stereocenters. The van der Waals surface area contributed by atoms with Gasteiger partial charge in [-0.2, -0.15) is 0 Å². The average Bonchev–Trinajstić information content (AvgIpc) is 2.65. The number of ether oxygens (including phenoxy) is 2. The minimum Gasteiger partial charge on any atom is -0.526 e. The Balaban J connectivity index is 1.81. The molecule has 0 saturated carbocycles. The topological polar surface area (TPSA) is 36.9 Å². The van der Waals surface area contributed by atoms with Gasteiger partial charge in [-0.1, -0.05) is 26.7 Å². The Hall–Kier alpha value is -2.44. The van der Waals surface area contributed by atoms with Crippen LogP contribution in [0, 0.1) is 11.6 Å². The predicted molar refractivity (Wildman–Crippen MR) is 101 cm³/mol. The van der Waals surface area contributed by atoms with Gasteiger partial charge in [-0.15, -0.1) is 0 Å². The van der Waals surface area contributed by atoms with Crippen molar-refractivity contribution in [1.82, 2.24) is 0 Å². The van der Waals surface area contributed by atoms with Crippen molar-refractivity contribution >= 4 is 7.69 Å². The van der Waals surface area contributed by atoms with Crippen LogP contribution in [0.15, 0.2) is 36.4 Å². The fourth-order valence-corrected chi connectivity index (χ4v) is 2.13. The van der Waals surface area contributed by atoms with Crippen LogP contribution in [0.2, 0.25) is 0 Å². The predicted octanol–water partition coefficient (Wildman–Crippen LogP) is 5.31. The van der Waals surface area contributed by atoms with Gasteiger partial charge in [0.05, 0.1) is 13.2 Å². The van der Waals surface area contributed by atoms with E-state index in [1.807, 2.05) is 13.8 Å². The van der Waals surface area contributed by atoms with Gasteiger partial charge in [0.25, 0.3) is 0 Å². The second kappa shape index (κ2) is 11.3. The molecule has 0 heterocycles. The number of rotatable bonds is 12. The highest BCUT2D eigenvalue weighted by Crippen LogP contribution is 2.24. The van der Waals surface area contributed by atoms with Crippen molar-refractivity contribution in [1.29, 1.82) is 0 Å². The summed E-state index contributed by atoms with van der Waals surface area (Å²) >= 11 is 0. The van der Waals surface area contributed by atoms with Crippen LogP contribution in [0.5, 0.6) is 23.0 Å². The molecule has 2 aromatic rings. The van der Waals surface area contributed by atoms with Gasteiger partial charge >= 0.3 is 7.69 Å². The molecule has 7 heteroatoms. The van der Waals surface area contributed by atoms with E-state index in [2.05, 4.69) is 0 Å². The molecular formula is C20H24BF2O4. The van der Waals surface area contributed by atoms with Crippen LogP contribution in [-0.4, -0.2) is 20.9 Å². The Kier molecular flexibility index (Phi) is 8.75. The standard InChI is InChI=1S/C20H24BF2O4/c1-3-5-11-24-19-9-7-15(13-17(19)22)26-21-27-16-8-10-20(18(23)14-16)25-12-6-4-2/h7-10,13-14H,3-6,11-12H2,1-2H3. The van der Waals surface area contributed by atoms with E-state index in [0.29, 0.717) is 13.2 Å². The van der Waals surface area contributed by atoms with Gasteiger partial charge in [-0.25, -0.2) is 8.78 Å². The fourth-order valence-electron chi connectivity index (χ4n) is 2.13. The molecule has 0 bridgehead atoms. The smallest absolute Gasteiger partial charge is 0.526 e. The van der Waals surface area contributed by atoms with Crippen molar-refractivity contribution in [2.75, 3.05) is 13.2 Å². The summed E-state index contributed by atoms with van der Waals surface area (Å²) in [6.45, 7) is 5.00. The van der Waals surface area contributed by atoms with E-state index in [1.165, 1.54) is 24.3 Å². The van der Waals surface area contributed by atoms with Crippen molar-refractivity contribution in [2.45, 2.75) is 39.5 Å². The SMILES string of the molecule is CCCCOc1ccc(O[B]Oc2ccc(OCCCC)c(F)c2)cc1F. The lowest BCUT2D eigenvalue weighted by atomic mass is 10.2. The molecule has 2 aromatic carbocycles. The van der Waals surface area contributed by atoms with Crippen molar-refractivity contribution in [3.63, 3.8) is 0 Å². The highest BCUT2D eigenvalue weighted by atomic mass is 19.1. The van der Waals surface area contributed by atoms with Crippen LogP contribution < -0.4 is 18.8 Å². The van der Waals surface area contributed by atoms with Crippen molar-refractivity contribution < 1.29 is 27.6 Å². The van der Waals surface area contributed by atoms with Gasteiger partial charge in [0.15, 0.2) is 23.1 Å². The highest BCUT2D eigenvalue weighted by Gasteiger charge is 2.10. The van der Waals surface area contributed by atoms with Gasteiger partial charge in [0, 0.05) is 12.1 Å². The lowest BCUT2D eigenvalue weighted by molar-refractivity contribution is 0.293. The summed E-state index contributed by atoms with van der Waals surface area (Å²) in [6, 6.07) is 8.52. The Bertz CT molecular complexity index is 653. The maximum atomic E-state index is 13.9. The van der Waals surface area contributed by atoms with Crippen molar-refractivity contribution in [3.8, 4) is 23.0 Å². The number of unbranched alkanes of at least 4 members (excludes halogenated alkanes) is 2. The average molecular weight is 377 g/mol. The van der Waals surface area contributed by atoms with Crippen LogP contribution in [0.3, 0.4) is 0 Å². The highest BCUT2D eigenvalue weighted by molar-refractivity contribution is 6.20. The maximum absolute atomic E-state index is 13.9. The van der Waals surface area contributed by atoms with Crippen LogP contribution >= 0.6 is 0 Å². The zero-order chi connectivity index (χ0) is 19.5. The zero-order valence-electron chi connectivity index (χ0n) is 15.7. The number of hydrogen-bond donors (Lipinski definition) is 0. The molecule has 1 radical (unpaired) electrons. The van der Waals surface area contributed by atoms with Crippen LogP contribution in [0.25, 0.3) is 0 Å². The molecule has 0 saturated heterocycles. The minimum absolute atomic E-state index is 0.178. The number of benzene rings is 2.